The van der Waals surface area contributed by atoms with Gasteiger partial charge in [-0.15, -0.1) is 0 Å². The van der Waals surface area contributed by atoms with E-state index in [2.05, 4.69) is 0 Å². The van der Waals surface area contributed by atoms with Crippen LogP contribution < -0.4 is 4.90 Å². The summed E-state index contributed by atoms with van der Waals surface area (Å²) in [6, 6.07) is 4.81. The Labute approximate surface area is 158 Å². The van der Waals surface area contributed by atoms with Gasteiger partial charge in [0.15, 0.2) is 6.10 Å². The molecule has 0 aliphatic carbocycles. The number of anilines is 1. The Bertz CT molecular complexity index is 849. The molecular weight excluding hydrogens is 372 g/mol. The highest BCUT2D eigenvalue weighted by atomic mass is 32.2. The summed E-state index contributed by atoms with van der Waals surface area (Å²) in [5.41, 5.74) is 1.46. The molecule has 27 heavy (non-hydrogen) atoms. The maximum atomic E-state index is 12.7. The van der Waals surface area contributed by atoms with E-state index in [0.717, 1.165) is 5.56 Å². The van der Waals surface area contributed by atoms with Crippen molar-refractivity contribution in [1.29, 1.82) is 0 Å². The van der Waals surface area contributed by atoms with Gasteiger partial charge < -0.3 is 14.7 Å². The van der Waals surface area contributed by atoms with Crippen molar-refractivity contribution in [1.82, 2.24) is 4.31 Å². The number of carbonyl (C=O) groups excluding carboxylic acids is 1. The Hall–Kier alpha value is -1.97. The second-order valence-corrected chi connectivity index (χ2v) is 8.59. The first-order chi connectivity index (χ1) is 12.8. The second kappa shape index (κ2) is 7.57. The zero-order valence-electron chi connectivity index (χ0n) is 15.4. The predicted molar refractivity (Wildman–Crippen MR) is 98.1 cm³/mol. The van der Waals surface area contributed by atoms with Crippen LogP contribution in [0.5, 0.6) is 0 Å². The molecule has 0 aromatic heterocycles. The third-order valence-electron chi connectivity index (χ3n) is 5.13. The third-order valence-corrected chi connectivity index (χ3v) is 7.17. The van der Waals surface area contributed by atoms with E-state index in [1.54, 1.807) is 30.9 Å². The number of sulfonamides is 1. The zero-order chi connectivity index (χ0) is 19.8. The van der Waals surface area contributed by atoms with Crippen molar-refractivity contribution in [2.45, 2.75) is 50.2 Å². The zero-order valence-corrected chi connectivity index (χ0v) is 16.2. The topological polar surface area (TPSA) is 104 Å². The van der Waals surface area contributed by atoms with Crippen molar-refractivity contribution in [3.63, 3.8) is 0 Å². The van der Waals surface area contributed by atoms with Crippen LogP contribution in [0.3, 0.4) is 0 Å². The Balaban J connectivity index is 1.81. The van der Waals surface area contributed by atoms with Gasteiger partial charge in [-0.1, -0.05) is 13.8 Å². The molecule has 8 nitrogen and oxygen atoms in total. The first kappa shape index (κ1) is 19.8. The fourth-order valence-corrected chi connectivity index (χ4v) is 5.16. The van der Waals surface area contributed by atoms with E-state index in [-0.39, 0.29) is 10.8 Å². The summed E-state index contributed by atoms with van der Waals surface area (Å²) in [5, 5.41) is 9.02. The summed E-state index contributed by atoms with van der Waals surface area (Å²) in [6.45, 7) is 4.80. The van der Waals surface area contributed by atoms with E-state index >= 15 is 0 Å². The molecule has 2 atom stereocenters. The molecule has 0 saturated carbocycles. The number of hydrogen-bond acceptors (Lipinski definition) is 5. The van der Waals surface area contributed by atoms with Crippen molar-refractivity contribution in [2.24, 2.45) is 0 Å². The molecule has 1 amide bonds. The van der Waals surface area contributed by atoms with Gasteiger partial charge in [-0.3, -0.25) is 4.79 Å². The summed E-state index contributed by atoms with van der Waals surface area (Å²) >= 11 is 0. The molecule has 2 aliphatic heterocycles. The van der Waals surface area contributed by atoms with Crippen LogP contribution in [0, 0.1) is 0 Å². The molecule has 1 fully saturated rings. The molecule has 2 aliphatic rings. The maximum absolute atomic E-state index is 12.7. The van der Waals surface area contributed by atoms with E-state index in [9.17, 15) is 18.0 Å². The quantitative estimate of drug-likeness (QED) is 0.776. The number of fused-ring (bicyclic) bond motifs is 1. The van der Waals surface area contributed by atoms with Crippen LogP contribution >= 0.6 is 0 Å². The Kier molecular flexibility index (Phi) is 5.55. The largest absolute Gasteiger partial charge is 0.479 e. The van der Waals surface area contributed by atoms with Crippen LogP contribution in [0.4, 0.5) is 5.69 Å². The number of nitrogens with zero attached hydrogens (tertiary/aromatic N) is 2. The van der Waals surface area contributed by atoms with Gasteiger partial charge in [-0.25, -0.2) is 13.2 Å². The monoisotopic (exact) mass is 396 g/mol. The Morgan fingerprint density at radius 1 is 1.22 bits per heavy atom. The molecule has 0 bridgehead atoms. The van der Waals surface area contributed by atoms with Crippen LogP contribution in [-0.4, -0.2) is 61.5 Å². The predicted octanol–water partition coefficient (Wildman–Crippen LogP) is 1.24. The van der Waals surface area contributed by atoms with E-state index in [1.165, 1.54) is 10.4 Å². The first-order valence-corrected chi connectivity index (χ1v) is 10.6. The van der Waals surface area contributed by atoms with Gasteiger partial charge in [0.25, 0.3) is 5.91 Å². The minimum atomic E-state index is -3.55. The van der Waals surface area contributed by atoms with Crippen molar-refractivity contribution >= 4 is 27.6 Å². The number of rotatable bonds is 6. The summed E-state index contributed by atoms with van der Waals surface area (Å²) in [4.78, 5) is 25.5. The van der Waals surface area contributed by atoms with Crippen molar-refractivity contribution < 1.29 is 27.9 Å². The number of amides is 1. The third kappa shape index (κ3) is 3.59. The van der Waals surface area contributed by atoms with Gasteiger partial charge >= 0.3 is 5.97 Å². The molecule has 3 rings (SSSR count). The van der Waals surface area contributed by atoms with Crippen LogP contribution in [0.25, 0.3) is 0 Å². The molecule has 0 radical (unpaired) electrons. The van der Waals surface area contributed by atoms with Crippen LogP contribution in [0.15, 0.2) is 23.1 Å². The number of aliphatic carboxylic acids is 1. The number of carboxylic acids is 1. The average molecular weight is 396 g/mol. The van der Waals surface area contributed by atoms with Gasteiger partial charge in [-0.2, -0.15) is 4.31 Å². The van der Waals surface area contributed by atoms with Gasteiger partial charge in [0.2, 0.25) is 10.0 Å². The molecule has 1 aromatic carbocycles. The Morgan fingerprint density at radius 2 is 1.89 bits per heavy atom. The lowest BCUT2D eigenvalue weighted by molar-refractivity contribution is -0.151. The van der Waals surface area contributed by atoms with Crippen molar-refractivity contribution in [2.75, 3.05) is 24.5 Å². The highest BCUT2D eigenvalue weighted by Crippen LogP contribution is 2.33. The smallest absolute Gasteiger partial charge is 0.332 e. The first-order valence-electron chi connectivity index (χ1n) is 9.12. The fraction of sp³-hybridized carbons (Fsp3) is 0.556. The lowest BCUT2D eigenvalue weighted by Crippen LogP contribution is -2.38. The molecule has 2 heterocycles. The summed E-state index contributed by atoms with van der Waals surface area (Å²) in [6.07, 6.45) is -0.472. The van der Waals surface area contributed by atoms with E-state index in [4.69, 9.17) is 9.84 Å². The van der Waals surface area contributed by atoms with Gasteiger partial charge in [0.05, 0.1) is 4.90 Å². The highest BCUT2D eigenvalue weighted by Gasteiger charge is 2.39. The van der Waals surface area contributed by atoms with E-state index in [0.29, 0.717) is 44.6 Å². The fourth-order valence-electron chi connectivity index (χ4n) is 3.65. The highest BCUT2D eigenvalue weighted by molar-refractivity contribution is 7.89. The summed E-state index contributed by atoms with van der Waals surface area (Å²) < 4.78 is 32.1. The van der Waals surface area contributed by atoms with Gasteiger partial charge in [-0.05, 0) is 43.0 Å². The molecule has 9 heteroatoms. The number of ether oxygens (including phenoxy) is 1. The maximum Gasteiger partial charge on any atom is 0.332 e. The van der Waals surface area contributed by atoms with Crippen LogP contribution in [0.2, 0.25) is 0 Å². The molecule has 1 aromatic rings. The Morgan fingerprint density at radius 3 is 2.48 bits per heavy atom. The minimum Gasteiger partial charge on any atom is -0.479 e. The molecule has 0 unspecified atom stereocenters. The number of benzene rings is 1. The van der Waals surface area contributed by atoms with E-state index < -0.39 is 28.2 Å². The molecule has 1 saturated heterocycles. The normalized spacial score (nSPS) is 22.3. The molecular formula is C18H24N2O6S. The van der Waals surface area contributed by atoms with Gasteiger partial charge in [0, 0.05) is 25.3 Å². The summed E-state index contributed by atoms with van der Waals surface area (Å²) in [7, 11) is -3.55. The van der Waals surface area contributed by atoms with Gasteiger partial charge in [0.1, 0.15) is 6.10 Å². The second-order valence-electron chi connectivity index (χ2n) is 6.65. The average Bonchev–Trinajstić information content (AvgIpc) is 3.29. The minimum absolute atomic E-state index is 0.224. The van der Waals surface area contributed by atoms with Crippen molar-refractivity contribution in [3.8, 4) is 0 Å². The van der Waals surface area contributed by atoms with Crippen molar-refractivity contribution in [3.05, 3.63) is 23.8 Å². The molecule has 1 N–H and O–H groups in total. The molecule has 148 valence electrons. The van der Waals surface area contributed by atoms with Crippen LogP contribution in [0.1, 0.15) is 32.3 Å². The van der Waals surface area contributed by atoms with Crippen LogP contribution in [-0.2, 0) is 30.8 Å². The van der Waals surface area contributed by atoms with E-state index in [1.807, 2.05) is 0 Å². The summed E-state index contributed by atoms with van der Waals surface area (Å²) in [5.74, 6) is -1.32. The lowest BCUT2D eigenvalue weighted by Gasteiger charge is -2.22. The number of carbonyl (C=O) groups is 2. The number of carboxylic acid groups (broad SMARTS) is 1. The number of hydrogen-bond donors (Lipinski definition) is 1. The standard InChI is InChI=1S/C18H24N2O6S/c1-3-19(4-2)27(24,25)13-5-6-14-12(11-13)9-10-20(14)17(21)15-7-8-16(26-15)18(22)23/h5-6,11,15-16H,3-4,7-10H2,1-2H3,(H,22,23)/t15-,16+/m0/s1. The molecule has 0 spiro atoms. The lowest BCUT2D eigenvalue weighted by atomic mass is 10.1. The SMILES string of the molecule is CCN(CC)S(=O)(=O)c1ccc2c(c1)CCN2C(=O)[C@@H]1CC[C@H](C(=O)O)O1.